The molecule has 0 saturated heterocycles. The van der Waals surface area contributed by atoms with Crippen molar-refractivity contribution in [3.05, 3.63) is 23.8 Å². The van der Waals surface area contributed by atoms with Crippen LogP contribution in [0.3, 0.4) is 0 Å². The molecule has 1 aliphatic rings. The highest BCUT2D eigenvalue weighted by molar-refractivity contribution is 5.92. The van der Waals surface area contributed by atoms with E-state index in [1.807, 2.05) is 55.9 Å². The lowest BCUT2D eigenvalue weighted by atomic mass is 10.1. The van der Waals surface area contributed by atoms with E-state index in [-0.39, 0.29) is 24.3 Å². The average molecular weight is 361 g/mol. The molecule has 6 nitrogen and oxygen atoms in total. The molecule has 0 spiro atoms. The number of rotatable bonds is 9. The van der Waals surface area contributed by atoms with E-state index in [0.29, 0.717) is 12.5 Å². The SMILES string of the molecule is COCC(=O)N(Cc1cc(NC(=O)C(C)C)ccc1N(C)C)CC1CC1. The fourth-order valence-corrected chi connectivity index (χ4v) is 2.80. The van der Waals surface area contributed by atoms with Gasteiger partial charge in [0.2, 0.25) is 11.8 Å². The second-order valence-electron chi connectivity index (χ2n) is 7.53. The second-order valence-corrected chi connectivity index (χ2v) is 7.53. The molecule has 144 valence electrons. The maximum absolute atomic E-state index is 12.5. The number of benzene rings is 1. The van der Waals surface area contributed by atoms with Gasteiger partial charge in [0.1, 0.15) is 6.61 Å². The molecule has 0 heterocycles. The minimum atomic E-state index is -0.0818. The van der Waals surface area contributed by atoms with E-state index >= 15 is 0 Å². The van der Waals surface area contributed by atoms with E-state index in [9.17, 15) is 9.59 Å². The Hall–Kier alpha value is -2.08. The molecular weight excluding hydrogens is 330 g/mol. The first-order valence-corrected chi connectivity index (χ1v) is 9.19. The minimum absolute atomic E-state index is 0.000671. The van der Waals surface area contributed by atoms with Crippen molar-refractivity contribution in [2.24, 2.45) is 11.8 Å². The molecule has 1 aromatic rings. The van der Waals surface area contributed by atoms with Gasteiger partial charge in [-0.3, -0.25) is 9.59 Å². The van der Waals surface area contributed by atoms with Crippen LogP contribution in [0.15, 0.2) is 18.2 Å². The zero-order valence-electron chi connectivity index (χ0n) is 16.5. The predicted molar refractivity (Wildman–Crippen MR) is 104 cm³/mol. The Bertz CT molecular complexity index is 639. The summed E-state index contributed by atoms with van der Waals surface area (Å²) in [5.74, 6) is 0.503. The molecule has 2 rings (SSSR count). The summed E-state index contributed by atoms with van der Waals surface area (Å²) in [5.41, 5.74) is 2.81. The molecule has 1 saturated carbocycles. The van der Waals surface area contributed by atoms with Crippen LogP contribution in [0.5, 0.6) is 0 Å². The third-order valence-electron chi connectivity index (χ3n) is 4.51. The average Bonchev–Trinajstić information content (AvgIpc) is 3.38. The number of nitrogens with one attached hydrogen (secondary N) is 1. The normalized spacial score (nSPS) is 13.6. The van der Waals surface area contributed by atoms with Crippen LogP contribution in [-0.2, 0) is 20.9 Å². The van der Waals surface area contributed by atoms with Gasteiger partial charge < -0.3 is 19.9 Å². The van der Waals surface area contributed by atoms with Crippen LogP contribution < -0.4 is 10.2 Å². The largest absolute Gasteiger partial charge is 0.377 e. The number of carbonyl (C=O) groups is 2. The maximum atomic E-state index is 12.5. The first kappa shape index (κ1) is 20.2. The van der Waals surface area contributed by atoms with Crippen molar-refractivity contribution in [1.29, 1.82) is 0 Å². The number of methoxy groups -OCH3 is 1. The Kier molecular flexibility index (Phi) is 7.03. The van der Waals surface area contributed by atoms with Gasteiger partial charge in [0, 0.05) is 51.6 Å². The van der Waals surface area contributed by atoms with E-state index in [1.54, 1.807) is 7.11 Å². The van der Waals surface area contributed by atoms with Crippen LogP contribution >= 0.6 is 0 Å². The van der Waals surface area contributed by atoms with Gasteiger partial charge in [-0.1, -0.05) is 13.8 Å². The number of carbonyl (C=O) groups excluding carboxylic acids is 2. The molecule has 0 bridgehead atoms. The maximum Gasteiger partial charge on any atom is 0.248 e. The monoisotopic (exact) mass is 361 g/mol. The highest BCUT2D eigenvalue weighted by atomic mass is 16.5. The number of amides is 2. The standard InChI is InChI=1S/C20H31N3O3/c1-14(2)20(25)21-17-8-9-18(22(3)4)16(10-17)12-23(11-15-6-7-15)19(24)13-26-5/h8-10,14-15H,6-7,11-13H2,1-5H3,(H,21,25). The lowest BCUT2D eigenvalue weighted by molar-refractivity contribution is -0.136. The molecule has 1 N–H and O–H groups in total. The quantitative estimate of drug-likeness (QED) is 0.735. The number of anilines is 2. The molecule has 0 aliphatic heterocycles. The molecule has 6 heteroatoms. The molecule has 0 radical (unpaired) electrons. The van der Waals surface area contributed by atoms with Gasteiger partial charge in [-0.15, -0.1) is 0 Å². The number of hydrogen-bond donors (Lipinski definition) is 1. The number of nitrogens with zero attached hydrogens (tertiary/aromatic N) is 2. The second kappa shape index (κ2) is 9.03. The zero-order chi connectivity index (χ0) is 19.3. The van der Waals surface area contributed by atoms with Crippen molar-refractivity contribution in [2.45, 2.75) is 33.2 Å². The highest BCUT2D eigenvalue weighted by Gasteiger charge is 2.27. The molecule has 1 aromatic carbocycles. The van der Waals surface area contributed by atoms with Crippen LogP contribution in [0.4, 0.5) is 11.4 Å². The molecule has 1 aliphatic carbocycles. The summed E-state index contributed by atoms with van der Waals surface area (Å²) in [6, 6.07) is 5.86. The van der Waals surface area contributed by atoms with Gasteiger partial charge in [0.25, 0.3) is 0 Å². The van der Waals surface area contributed by atoms with Crippen molar-refractivity contribution >= 4 is 23.2 Å². The van der Waals surface area contributed by atoms with Crippen LogP contribution in [0.2, 0.25) is 0 Å². The first-order valence-electron chi connectivity index (χ1n) is 9.19. The smallest absolute Gasteiger partial charge is 0.248 e. The van der Waals surface area contributed by atoms with Crippen LogP contribution in [-0.4, -0.2) is 51.1 Å². The fraction of sp³-hybridized carbons (Fsp3) is 0.600. The van der Waals surface area contributed by atoms with Gasteiger partial charge in [-0.25, -0.2) is 0 Å². The first-order chi connectivity index (χ1) is 12.3. The summed E-state index contributed by atoms with van der Waals surface area (Å²) in [5, 5.41) is 2.94. The summed E-state index contributed by atoms with van der Waals surface area (Å²) >= 11 is 0. The topological polar surface area (TPSA) is 61.9 Å². The number of hydrogen-bond acceptors (Lipinski definition) is 4. The van der Waals surface area contributed by atoms with Gasteiger partial charge >= 0.3 is 0 Å². The third-order valence-corrected chi connectivity index (χ3v) is 4.51. The Morgan fingerprint density at radius 3 is 2.50 bits per heavy atom. The Balaban J connectivity index is 2.24. The Morgan fingerprint density at radius 2 is 1.96 bits per heavy atom. The van der Waals surface area contributed by atoms with E-state index in [4.69, 9.17) is 4.74 Å². The van der Waals surface area contributed by atoms with E-state index in [0.717, 1.165) is 23.5 Å². The van der Waals surface area contributed by atoms with Crippen molar-refractivity contribution < 1.29 is 14.3 Å². The fourth-order valence-electron chi connectivity index (χ4n) is 2.80. The van der Waals surface area contributed by atoms with Crippen molar-refractivity contribution in [3.63, 3.8) is 0 Å². The Labute approximate surface area is 156 Å². The van der Waals surface area contributed by atoms with Gasteiger partial charge in [-0.2, -0.15) is 0 Å². The lowest BCUT2D eigenvalue weighted by Crippen LogP contribution is -2.35. The van der Waals surface area contributed by atoms with Crippen molar-refractivity contribution in [3.8, 4) is 0 Å². The van der Waals surface area contributed by atoms with Crippen molar-refractivity contribution in [2.75, 3.05) is 44.6 Å². The van der Waals surface area contributed by atoms with Crippen LogP contribution in [0, 0.1) is 11.8 Å². The molecule has 0 atom stereocenters. The van der Waals surface area contributed by atoms with Gasteiger partial charge in [0.05, 0.1) is 0 Å². The summed E-state index contributed by atoms with van der Waals surface area (Å²) in [4.78, 5) is 28.4. The van der Waals surface area contributed by atoms with E-state index < -0.39 is 0 Å². The van der Waals surface area contributed by atoms with Gasteiger partial charge in [0.15, 0.2) is 0 Å². The molecule has 0 unspecified atom stereocenters. The van der Waals surface area contributed by atoms with Crippen molar-refractivity contribution in [1.82, 2.24) is 4.90 Å². The summed E-state index contributed by atoms with van der Waals surface area (Å²) in [6.07, 6.45) is 2.36. The summed E-state index contributed by atoms with van der Waals surface area (Å²) in [7, 11) is 5.50. The Morgan fingerprint density at radius 1 is 1.27 bits per heavy atom. The summed E-state index contributed by atoms with van der Waals surface area (Å²) in [6.45, 7) is 5.10. The highest BCUT2D eigenvalue weighted by Crippen LogP contribution is 2.31. The van der Waals surface area contributed by atoms with E-state index in [1.165, 1.54) is 12.8 Å². The van der Waals surface area contributed by atoms with E-state index in [2.05, 4.69) is 5.32 Å². The lowest BCUT2D eigenvalue weighted by Gasteiger charge is -2.26. The third kappa shape index (κ3) is 5.73. The molecule has 1 fully saturated rings. The summed E-state index contributed by atoms with van der Waals surface area (Å²) < 4.78 is 5.05. The predicted octanol–water partition coefficient (Wildman–Crippen LogP) is 2.73. The van der Waals surface area contributed by atoms with Gasteiger partial charge in [-0.05, 0) is 42.5 Å². The number of ether oxygens (including phenoxy) is 1. The zero-order valence-corrected chi connectivity index (χ0v) is 16.5. The molecule has 2 amide bonds. The van der Waals surface area contributed by atoms with Crippen LogP contribution in [0.1, 0.15) is 32.3 Å². The molecule has 0 aromatic heterocycles. The minimum Gasteiger partial charge on any atom is -0.377 e. The molecular formula is C20H31N3O3. The van der Waals surface area contributed by atoms with Crippen LogP contribution in [0.25, 0.3) is 0 Å². The molecule has 26 heavy (non-hydrogen) atoms.